The van der Waals surface area contributed by atoms with Gasteiger partial charge in [0.2, 0.25) is 12.5 Å². The van der Waals surface area contributed by atoms with E-state index in [0.717, 1.165) is 62.8 Å². The standard InChI is InChI=1S/C33H41NO5/c1-31-11-8-24-23(6-5-21-16-22(35)7-12-32(21,24)2)25(31)17-33(36,18-31)13-9-26-28-20(10-14-34(26)3)15-27-29(30(28)37-4)39-19-38-27/h15-16,23-26,36H,5-8,10-12,14,17-19H2,1-4H3/t23-,24-,25-,26-,31+,32-,33-/m1/s1. The van der Waals surface area contributed by atoms with Gasteiger partial charge in [-0.25, -0.2) is 0 Å². The average Bonchev–Trinajstić information content (AvgIpc) is 3.48. The number of fused-ring (bicyclic) bond motifs is 7. The summed E-state index contributed by atoms with van der Waals surface area (Å²) >= 11 is 0. The molecule has 0 bridgehead atoms. The van der Waals surface area contributed by atoms with Gasteiger partial charge in [0.05, 0.1) is 7.11 Å². The van der Waals surface area contributed by atoms with Gasteiger partial charge in [0.1, 0.15) is 11.6 Å². The van der Waals surface area contributed by atoms with Gasteiger partial charge in [-0.3, -0.25) is 9.69 Å². The molecule has 208 valence electrons. The quantitative estimate of drug-likeness (QED) is 0.502. The summed E-state index contributed by atoms with van der Waals surface area (Å²) in [7, 11) is 3.77. The van der Waals surface area contributed by atoms with Crippen LogP contribution in [0.4, 0.5) is 0 Å². The van der Waals surface area contributed by atoms with Gasteiger partial charge in [-0.2, -0.15) is 0 Å². The number of rotatable bonds is 1. The van der Waals surface area contributed by atoms with Gasteiger partial charge < -0.3 is 19.3 Å². The molecule has 0 unspecified atom stereocenters. The first kappa shape index (κ1) is 25.5. The summed E-state index contributed by atoms with van der Waals surface area (Å²) in [5.41, 5.74) is 2.87. The maximum atomic E-state index is 12.2. The summed E-state index contributed by atoms with van der Waals surface area (Å²) in [6.45, 7) is 5.90. The molecule has 2 aliphatic heterocycles. The van der Waals surface area contributed by atoms with Crippen molar-refractivity contribution in [2.24, 2.45) is 28.6 Å². The van der Waals surface area contributed by atoms with Gasteiger partial charge >= 0.3 is 0 Å². The molecule has 0 aromatic heterocycles. The van der Waals surface area contributed by atoms with Crippen molar-refractivity contribution in [3.8, 4) is 29.1 Å². The Morgan fingerprint density at radius 2 is 1.97 bits per heavy atom. The highest BCUT2D eigenvalue weighted by atomic mass is 16.7. The van der Waals surface area contributed by atoms with E-state index < -0.39 is 5.60 Å². The summed E-state index contributed by atoms with van der Waals surface area (Å²) in [5.74, 6) is 11.1. The molecule has 0 spiro atoms. The third-order valence-corrected chi connectivity index (χ3v) is 11.6. The molecule has 6 heteroatoms. The van der Waals surface area contributed by atoms with Crippen molar-refractivity contribution in [3.05, 3.63) is 28.8 Å². The molecule has 0 radical (unpaired) electrons. The molecule has 1 N–H and O–H groups in total. The van der Waals surface area contributed by atoms with Gasteiger partial charge in [-0.1, -0.05) is 31.3 Å². The molecule has 0 amide bonds. The first-order valence-electron chi connectivity index (χ1n) is 14.8. The third-order valence-electron chi connectivity index (χ3n) is 11.6. The summed E-state index contributed by atoms with van der Waals surface area (Å²) < 4.78 is 17.3. The molecule has 0 saturated heterocycles. The maximum Gasteiger partial charge on any atom is 0.231 e. The molecule has 3 saturated carbocycles. The Kier molecular flexibility index (Phi) is 5.72. The number of ether oxygens (including phenoxy) is 3. The Bertz CT molecular complexity index is 1320. The van der Waals surface area contributed by atoms with Crippen LogP contribution in [0.15, 0.2) is 17.7 Å². The van der Waals surface area contributed by atoms with E-state index in [1.807, 2.05) is 6.08 Å². The highest BCUT2D eigenvalue weighted by Gasteiger charge is 2.60. The van der Waals surface area contributed by atoms with E-state index in [4.69, 9.17) is 14.2 Å². The lowest BCUT2D eigenvalue weighted by Crippen LogP contribution is -2.49. The van der Waals surface area contributed by atoms with E-state index in [9.17, 15) is 9.90 Å². The van der Waals surface area contributed by atoms with Crippen molar-refractivity contribution in [2.75, 3.05) is 27.5 Å². The van der Waals surface area contributed by atoms with E-state index in [1.165, 1.54) is 17.6 Å². The van der Waals surface area contributed by atoms with E-state index in [1.54, 1.807) is 7.11 Å². The minimum Gasteiger partial charge on any atom is -0.492 e. The smallest absolute Gasteiger partial charge is 0.231 e. The van der Waals surface area contributed by atoms with Gasteiger partial charge in [0.25, 0.3) is 0 Å². The van der Waals surface area contributed by atoms with Crippen LogP contribution in [0.25, 0.3) is 0 Å². The fourth-order valence-electron chi connectivity index (χ4n) is 9.59. The Labute approximate surface area is 232 Å². The predicted octanol–water partition coefficient (Wildman–Crippen LogP) is 5.22. The summed E-state index contributed by atoms with van der Waals surface area (Å²) in [4.78, 5) is 14.4. The van der Waals surface area contributed by atoms with Crippen LogP contribution in [0.2, 0.25) is 0 Å². The maximum absolute atomic E-state index is 12.2. The highest BCUT2D eigenvalue weighted by molar-refractivity contribution is 5.91. The molecule has 3 fully saturated rings. The Balaban J connectivity index is 1.19. The first-order valence-corrected chi connectivity index (χ1v) is 14.8. The molecular weight excluding hydrogens is 490 g/mol. The van der Waals surface area contributed by atoms with E-state index >= 15 is 0 Å². The van der Waals surface area contributed by atoms with Crippen LogP contribution in [0.3, 0.4) is 0 Å². The second-order valence-corrected chi connectivity index (χ2v) is 13.7. The Morgan fingerprint density at radius 3 is 2.79 bits per heavy atom. The molecule has 7 rings (SSSR count). The molecular formula is C33H41NO5. The number of allylic oxidation sites excluding steroid dienone is 1. The van der Waals surface area contributed by atoms with Crippen LogP contribution in [0, 0.1) is 40.4 Å². The second-order valence-electron chi connectivity index (χ2n) is 13.7. The zero-order valence-electron chi connectivity index (χ0n) is 23.8. The van der Waals surface area contributed by atoms with Crippen LogP contribution < -0.4 is 14.2 Å². The number of carbonyl (C=O) groups excluding carboxylic acids is 1. The summed E-state index contributed by atoms with van der Waals surface area (Å²) in [5, 5.41) is 12.0. The molecule has 2 heterocycles. The molecule has 6 aliphatic rings. The number of hydrogen-bond acceptors (Lipinski definition) is 6. The molecule has 1 aromatic carbocycles. The third kappa shape index (κ3) is 3.79. The lowest BCUT2D eigenvalue weighted by Gasteiger charge is -2.57. The van der Waals surface area contributed by atoms with E-state index in [2.05, 4.69) is 43.7 Å². The number of likely N-dealkylation sites (N-methyl/N-ethyl adjacent to an activating group) is 1. The van der Waals surface area contributed by atoms with Crippen LogP contribution in [-0.2, 0) is 11.2 Å². The van der Waals surface area contributed by atoms with Crippen molar-refractivity contribution in [1.29, 1.82) is 0 Å². The molecule has 4 aliphatic carbocycles. The number of aliphatic hydroxyl groups is 1. The lowest BCUT2D eigenvalue weighted by atomic mass is 9.47. The Morgan fingerprint density at radius 1 is 1.13 bits per heavy atom. The van der Waals surface area contributed by atoms with Crippen molar-refractivity contribution in [2.45, 2.75) is 83.3 Å². The van der Waals surface area contributed by atoms with Crippen LogP contribution in [0.5, 0.6) is 17.2 Å². The average molecular weight is 532 g/mol. The number of carbonyl (C=O) groups is 1. The highest BCUT2D eigenvalue weighted by Crippen LogP contribution is 2.66. The van der Waals surface area contributed by atoms with Crippen molar-refractivity contribution in [1.82, 2.24) is 4.90 Å². The van der Waals surface area contributed by atoms with Gasteiger partial charge in [-0.15, -0.1) is 0 Å². The number of ketones is 1. The van der Waals surface area contributed by atoms with Crippen molar-refractivity contribution >= 4 is 5.78 Å². The summed E-state index contributed by atoms with van der Waals surface area (Å²) in [6, 6.07) is 1.90. The number of methoxy groups -OCH3 is 1. The molecule has 1 aromatic rings. The SMILES string of the molecule is COc1c2c(cc3c1[C@@H](C#C[C@@]1(O)C[C@@H]4[C@@H]5CCC6=CC(=O)CC[C@@]6(C)[C@@H]5CC[C@@]4(C)C1)N(C)CC3)OCO2. The monoisotopic (exact) mass is 531 g/mol. The van der Waals surface area contributed by atoms with Gasteiger partial charge in [-0.05, 0) is 105 Å². The minimum atomic E-state index is -0.990. The fourth-order valence-corrected chi connectivity index (χ4v) is 9.59. The van der Waals surface area contributed by atoms with Crippen molar-refractivity contribution in [3.63, 3.8) is 0 Å². The number of benzene rings is 1. The van der Waals surface area contributed by atoms with E-state index in [-0.39, 0.29) is 23.7 Å². The van der Waals surface area contributed by atoms with Crippen LogP contribution in [-0.4, -0.2) is 48.9 Å². The zero-order chi connectivity index (χ0) is 27.2. The normalized spacial score (nSPS) is 40.4. The topological polar surface area (TPSA) is 68.2 Å². The minimum absolute atomic E-state index is 0.104. The Hall–Kier alpha value is -2.49. The molecule has 7 atom stereocenters. The predicted molar refractivity (Wildman–Crippen MR) is 148 cm³/mol. The van der Waals surface area contributed by atoms with Crippen LogP contribution >= 0.6 is 0 Å². The first-order chi connectivity index (χ1) is 18.6. The molecule has 39 heavy (non-hydrogen) atoms. The fraction of sp³-hybridized carbons (Fsp3) is 0.667. The zero-order valence-corrected chi connectivity index (χ0v) is 23.8. The molecule has 6 nitrogen and oxygen atoms in total. The number of hydrogen-bond donors (Lipinski definition) is 1. The van der Waals surface area contributed by atoms with Crippen molar-refractivity contribution < 1.29 is 24.1 Å². The second kappa shape index (κ2) is 8.75. The number of nitrogens with zero attached hydrogens (tertiary/aromatic N) is 1. The van der Waals surface area contributed by atoms with E-state index in [0.29, 0.717) is 41.5 Å². The van der Waals surface area contributed by atoms with Gasteiger partial charge in [0.15, 0.2) is 17.3 Å². The summed E-state index contributed by atoms with van der Waals surface area (Å²) in [6.07, 6.45) is 10.5. The lowest BCUT2D eigenvalue weighted by molar-refractivity contribution is -0.117. The van der Waals surface area contributed by atoms with Gasteiger partial charge in [0, 0.05) is 18.5 Å². The largest absolute Gasteiger partial charge is 0.492 e. The van der Waals surface area contributed by atoms with Crippen LogP contribution in [0.1, 0.15) is 82.4 Å².